The van der Waals surface area contributed by atoms with E-state index in [1.54, 1.807) is 11.3 Å². The molecule has 1 aliphatic carbocycles. The number of anilines is 3. The van der Waals surface area contributed by atoms with Crippen LogP contribution in [0.15, 0.2) is 145 Å². The molecule has 0 aliphatic heterocycles. The van der Waals surface area contributed by atoms with Crippen molar-refractivity contribution in [2.45, 2.75) is 13.8 Å². The van der Waals surface area contributed by atoms with E-state index in [9.17, 15) is 5.26 Å². The summed E-state index contributed by atoms with van der Waals surface area (Å²) in [7, 11) is 4.19. The highest BCUT2D eigenvalue weighted by atomic mass is 32.1. The molecule has 5 aromatic rings. The van der Waals surface area contributed by atoms with Crippen LogP contribution in [0.1, 0.15) is 29.9 Å². The van der Waals surface area contributed by atoms with E-state index < -0.39 is 0 Å². The quantitative estimate of drug-likeness (QED) is 0.152. The second kappa shape index (κ2) is 14.3. The highest BCUT2D eigenvalue weighted by molar-refractivity contribution is 7.18. The van der Waals surface area contributed by atoms with Gasteiger partial charge in [-0.1, -0.05) is 78.9 Å². The summed E-state index contributed by atoms with van der Waals surface area (Å²) in [6.45, 7) is 5.97. The van der Waals surface area contributed by atoms with Crippen LogP contribution in [-0.2, 0) is 0 Å². The number of allylic oxidation sites excluding steroid dienone is 5. The SMILES string of the molecule is CCN(CC)c1sc(C(=C2C=CC(=[N+](C)c3ccccc3)C=C2)c2ccc(N(C)c3ccccc3)cc2)c(-c2ccccc2)c1C#N. The Labute approximate surface area is 282 Å². The van der Waals surface area contributed by atoms with Gasteiger partial charge in [-0.05, 0) is 67.0 Å². The van der Waals surface area contributed by atoms with Crippen LogP contribution in [0, 0.1) is 11.3 Å². The fourth-order valence-corrected chi connectivity index (χ4v) is 7.54. The summed E-state index contributed by atoms with van der Waals surface area (Å²) in [6, 6.07) is 42.6. The molecule has 0 saturated heterocycles. The molecule has 0 bridgehead atoms. The van der Waals surface area contributed by atoms with E-state index in [0.717, 1.165) is 79.1 Å². The van der Waals surface area contributed by atoms with Gasteiger partial charge in [-0.2, -0.15) is 9.84 Å². The zero-order chi connectivity index (χ0) is 32.8. The number of nitriles is 1. The fraction of sp³-hybridized carbons (Fsp3) is 0.143. The molecule has 4 nitrogen and oxygen atoms in total. The van der Waals surface area contributed by atoms with Gasteiger partial charge >= 0.3 is 0 Å². The molecule has 0 spiro atoms. The molecule has 1 aromatic heterocycles. The summed E-state index contributed by atoms with van der Waals surface area (Å²) in [5.41, 5.74) is 10.6. The second-order valence-electron chi connectivity index (χ2n) is 11.4. The second-order valence-corrected chi connectivity index (χ2v) is 12.4. The van der Waals surface area contributed by atoms with Crippen LogP contribution >= 0.6 is 11.3 Å². The zero-order valence-corrected chi connectivity index (χ0v) is 28.2. The van der Waals surface area contributed by atoms with E-state index in [1.165, 1.54) is 0 Å². The van der Waals surface area contributed by atoms with Crippen molar-refractivity contribution >= 4 is 44.7 Å². The predicted octanol–water partition coefficient (Wildman–Crippen LogP) is 10.2. The minimum atomic E-state index is 0.735. The Kier molecular flexibility index (Phi) is 9.61. The molecule has 47 heavy (non-hydrogen) atoms. The van der Waals surface area contributed by atoms with Crippen LogP contribution in [0.2, 0.25) is 0 Å². The third-order valence-electron chi connectivity index (χ3n) is 8.72. The maximum absolute atomic E-state index is 10.7. The van der Waals surface area contributed by atoms with Crippen LogP contribution < -0.4 is 9.80 Å². The lowest BCUT2D eigenvalue weighted by atomic mass is 9.90. The van der Waals surface area contributed by atoms with E-state index >= 15 is 0 Å². The monoisotopic (exact) mass is 631 g/mol. The van der Waals surface area contributed by atoms with Gasteiger partial charge < -0.3 is 9.80 Å². The molecule has 6 rings (SSSR count). The van der Waals surface area contributed by atoms with Gasteiger partial charge in [-0.15, -0.1) is 11.3 Å². The Morgan fingerprint density at radius 2 is 1.28 bits per heavy atom. The number of para-hydroxylation sites is 2. The summed E-state index contributed by atoms with van der Waals surface area (Å²) >= 11 is 1.72. The van der Waals surface area contributed by atoms with Gasteiger partial charge in [0.1, 0.15) is 18.1 Å². The standard InChI is InChI=1S/C42H39N4S/c1-5-46(6-2)42-38(30-43)40(31-16-10-7-11-17-31)41(47-42)39(32-22-26-36(27-23-32)44(3)34-18-12-8-13-19-34)33-24-28-37(29-25-33)45(4)35-20-14-9-15-21-35/h7-29H,5-6H2,1-4H3/q+1. The molecule has 4 aromatic carbocycles. The molecule has 0 fully saturated rings. The number of hydrogen-bond acceptors (Lipinski definition) is 4. The number of benzene rings is 4. The highest BCUT2D eigenvalue weighted by Crippen LogP contribution is 2.48. The Bertz CT molecular complexity index is 1990. The number of rotatable bonds is 9. The van der Waals surface area contributed by atoms with Crippen LogP contribution in [0.5, 0.6) is 0 Å². The lowest BCUT2D eigenvalue weighted by Gasteiger charge is -2.21. The molecule has 1 aliphatic rings. The van der Waals surface area contributed by atoms with Crippen LogP contribution in [0.3, 0.4) is 0 Å². The van der Waals surface area contributed by atoms with Gasteiger partial charge in [-0.3, -0.25) is 0 Å². The molecule has 1 heterocycles. The molecule has 0 N–H and O–H groups in total. The number of hydrogen-bond donors (Lipinski definition) is 0. The average molecular weight is 632 g/mol. The van der Waals surface area contributed by atoms with Gasteiger partial charge in [0.05, 0.1) is 5.56 Å². The van der Waals surface area contributed by atoms with Crippen molar-refractivity contribution in [3.05, 3.63) is 161 Å². The van der Waals surface area contributed by atoms with Gasteiger partial charge in [0.15, 0.2) is 0 Å². The van der Waals surface area contributed by atoms with E-state index in [0.29, 0.717) is 0 Å². The summed E-state index contributed by atoms with van der Waals surface area (Å²) < 4.78 is 2.20. The minimum Gasteiger partial charge on any atom is -0.363 e. The van der Waals surface area contributed by atoms with Crippen LogP contribution in [0.25, 0.3) is 16.7 Å². The number of nitrogens with zero attached hydrogens (tertiary/aromatic N) is 4. The van der Waals surface area contributed by atoms with Crippen molar-refractivity contribution in [1.82, 2.24) is 0 Å². The maximum Gasteiger partial charge on any atom is 0.205 e. The van der Waals surface area contributed by atoms with Crippen molar-refractivity contribution in [3.63, 3.8) is 0 Å². The molecular formula is C42H39N4S+. The van der Waals surface area contributed by atoms with Crippen molar-refractivity contribution < 1.29 is 4.58 Å². The first kappa shape index (κ1) is 31.5. The summed E-state index contributed by atoms with van der Waals surface area (Å²) in [6.07, 6.45) is 8.80. The number of thiophene rings is 1. The molecule has 0 amide bonds. The van der Waals surface area contributed by atoms with Gasteiger partial charge in [-0.25, -0.2) is 0 Å². The average Bonchev–Trinajstić information content (AvgIpc) is 3.52. The fourth-order valence-electron chi connectivity index (χ4n) is 6.05. The third kappa shape index (κ3) is 6.47. The van der Waals surface area contributed by atoms with Crippen LogP contribution in [0.4, 0.5) is 22.1 Å². The van der Waals surface area contributed by atoms with Gasteiger partial charge in [0.2, 0.25) is 11.4 Å². The maximum atomic E-state index is 10.7. The highest BCUT2D eigenvalue weighted by Gasteiger charge is 2.27. The Morgan fingerprint density at radius 1 is 0.723 bits per heavy atom. The zero-order valence-electron chi connectivity index (χ0n) is 27.4. The molecule has 232 valence electrons. The molecular weight excluding hydrogens is 593 g/mol. The Hall–Kier alpha value is -5.44. The van der Waals surface area contributed by atoms with E-state index in [4.69, 9.17) is 0 Å². The van der Waals surface area contributed by atoms with Crippen molar-refractivity contribution in [1.29, 1.82) is 5.26 Å². The first-order chi connectivity index (χ1) is 23.0. The van der Waals surface area contributed by atoms with Gasteiger partial charge in [0.25, 0.3) is 0 Å². The Balaban J connectivity index is 1.56. The first-order valence-corrected chi connectivity index (χ1v) is 16.9. The van der Waals surface area contributed by atoms with E-state index in [2.05, 4.69) is 170 Å². The van der Waals surface area contributed by atoms with E-state index in [1.807, 2.05) is 18.2 Å². The molecule has 5 heteroatoms. The van der Waals surface area contributed by atoms with Crippen molar-refractivity contribution in [3.8, 4) is 17.2 Å². The lowest BCUT2D eigenvalue weighted by Crippen LogP contribution is -2.21. The van der Waals surface area contributed by atoms with Crippen molar-refractivity contribution in [2.75, 3.05) is 37.0 Å². The first-order valence-electron chi connectivity index (χ1n) is 16.1. The van der Waals surface area contributed by atoms with Crippen molar-refractivity contribution in [2.24, 2.45) is 0 Å². The van der Waals surface area contributed by atoms with E-state index in [-0.39, 0.29) is 0 Å². The largest absolute Gasteiger partial charge is 0.363 e. The lowest BCUT2D eigenvalue weighted by molar-refractivity contribution is -0.403. The topological polar surface area (TPSA) is 33.3 Å². The Morgan fingerprint density at radius 3 is 1.85 bits per heavy atom. The predicted molar refractivity (Wildman–Crippen MR) is 201 cm³/mol. The normalized spacial score (nSPS) is 12.1. The summed E-state index contributed by atoms with van der Waals surface area (Å²) in [5.74, 6) is 0. The summed E-state index contributed by atoms with van der Waals surface area (Å²) in [5, 5.41) is 11.7. The van der Waals surface area contributed by atoms with Gasteiger partial charge in [0, 0.05) is 71.8 Å². The smallest absolute Gasteiger partial charge is 0.205 e. The molecule has 0 saturated carbocycles. The molecule has 0 radical (unpaired) electrons. The summed E-state index contributed by atoms with van der Waals surface area (Å²) in [4.78, 5) is 5.60. The molecule has 0 unspecified atom stereocenters. The molecule has 0 atom stereocenters. The minimum absolute atomic E-state index is 0.735. The third-order valence-corrected chi connectivity index (χ3v) is 9.98. The van der Waals surface area contributed by atoms with Crippen LogP contribution in [-0.4, -0.2) is 37.5 Å².